The summed E-state index contributed by atoms with van der Waals surface area (Å²) in [5, 5.41) is 3.86. The molecule has 2 rings (SSSR count). The number of benzene rings is 1. The SMILES string of the molecule is CCOC(=O)C(=CNc1nc2c(Cl)cccc2s1)C(=O)OCC. The number of rotatable bonds is 6. The number of fused-ring (bicyclic) bond motifs is 1. The molecule has 1 heterocycles. The first kappa shape index (κ1) is 17.2. The average Bonchev–Trinajstić information content (AvgIpc) is 2.92. The van der Waals surface area contributed by atoms with Crippen LogP contribution in [0.25, 0.3) is 10.2 Å². The van der Waals surface area contributed by atoms with Crippen molar-refractivity contribution in [1.82, 2.24) is 4.98 Å². The Balaban J connectivity index is 2.25. The fourth-order valence-electron chi connectivity index (χ4n) is 1.73. The molecule has 0 radical (unpaired) electrons. The highest BCUT2D eigenvalue weighted by Crippen LogP contribution is 2.30. The number of anilines is 1. The fourth-order valence-corrected chi connectivity index (χ4v) is 2.86. The lowest BCUT2D eigenvalue weighted by Gasteiger charge is -2.06. The average molecular weight is 355 g/mol. The molecule has 0 spiro atoms. The Bertz CT molecular complexity index is 737. The maximum Gasteiger partial charge on any atom is 0.347 e. The van der Waals surface area contributed by atoms with Gasteiger partial charge in [0.05, 0.1) is 22.9 Å². The number of carbonyl (C=O) groups is 2. The lowest BCUT2D eigenvalue weighted by Crippen LogP contribution is -2.19. The van der Waals surface area contributed by atoms with Crippen LogP contribution in [0.1, 0.15) is 13.8 Å². The number of halogens is 1. The van der Waals surface area contributed by atoms with Crippen molar-refractivity contribution in [3.05, 3.63) is 35.0 Å². The maximum atomic E-state index is 11.8. The van der Waals surface area contributed by atoms with Gasteiger partial charge in [-0.3, -0.25) is 0 Å². The van der Waals surface area contributed by atoms with Gasteiger partial charge >= 0.3 is 11.9 Å². The Hall–Kier alpha value is -2.12. The molecule has 0 aliphatic rings. The van der Waals surface area contributed by atoms with E-state index in [1.54, 1.807) is 19.9 Å². The Morgan fingerprint density at radius 3 is 2.48 bits per heavy atom. The van der Waals surface area contributed by atoms with Crippen LogP contribution in [0.5, 0.6) is 0 Å². The van der Waals surface area contributed by atoms with Crippen molar-refractivity contribution in [2.45, 2.75) is 13.8 Å². The second kappa shape index (κ2) is 7.94. The van der Waals surface area contributed by atoms with Crippen LogP contribution in [0.4, 0.5) is 5.13 Å². The van der Waals surface area contributed by atoms with Gasteiger partial charge in [0.2, 0.25) is 0 Å². The van der Waals surface area contributed by atoms with Crippen LogP contribution >= 0.6 is 22.9 Å². The van der Waals surface area contributed by atoms with Gasteiger partial charge in [-0.05, 0) is 26.0 Å². The zero-order chi connectivity index (χ0) is 16.8. The van der Waals surface area contributed by atoms with E-state index >= 15 is 0 Å². The molecule has 1 aromatic carbocycles. The van der Waals surface area contributed by atoms with Crippen molar-refractivity contribution in [3.8, 4) is 0 Å². The zero-order valence-electron chi connectivity index (χ0n) is 12.6. The molecular formula is C15H15ClN2O4S. The van der Waals surface area contributed by atoms with Crippen molar-refractivity contribution in [2.24, 2.45) is 0 Å². The van der Waals surface area contributed by atoms with Gasteiger partial charge in [-0.15, -0.1) is 0 Å². The molecule has 0 aliphatic heterocycles. The summed E-state index contributed by atoms with van der Waals surface area (Å²) in [6.07, 6.45) is 1.24. The third-order valence-electron chi connectivity index (χ3n) is 2.70. The Kier molecular flexibility index (Phi) is 5.95. The number of esters is 2. The van der Waals surface area contributed by atoms with Gasteiger partial charge in [-0.1, -0.05) is 29.0 Å². The first-order valence-corrected chi connectivity index (χ1v) is 8.12. The van der Waals surface area contributed by atoms with Gasteiger partial charge in [0.25, 0.3) is 0 Å². The molecule has 0 unspecified atom stereocenters. The predicted molar refractivity (Wildman–Crippen MR) is 89.6 cm³/mol. The van der Waals surface area contributed by atoms with Gasteiger partial charge in [0, 0.05) is 6.20 Å². The predicted octanol–water partition coefficient (Wildman–Crippen LogP) is 3.37. The van der Waals surface area contributed by atoms with Crippen molar-refractivity contribution in [3.63, 3.8) is 0 Å². The van der Waals surface area contributed by atoms with Crippen LogP contribution in [-0.2, 0) is 19.1 Å². The van der Waals surface area contributed by atoms with Crippen molar-refractivity contribution < 1.29 is 19.1 Å². The van der Waals surface area contributed by atoms with Crippen molar-refractivity contribution >= 4 is 50.2 Å². The van der Waals surface area contributed by atoms with E-state index in [-0.39, 0.29) is 18.8 Å². The molecule has 0 bridgehead atoms. The van der Waals surface area contributed by atoms with Crippen LogP contribution in [0.3, 0.4) is 0 Å². The van der Waals surface area contributed by atoms with Gasteiger partial charge in [0.1, 0.15) is 5.52 Å². The van der Waals surface area contributed by atoms with Crippen molar-refractivity contribution in [1.29, 1.82) is 0 Å². The number of para-hydroxylation sites is 1. The minimum Gasteiger partial charge on any atom is -0.462 e. The van der Waals surface area contributed by atoms with E-state index in [9.17, 15) is 9.59 Å². The third kappa shape index (κ3) is 4.20. The van der Waals surface area contributed by atoms with E-state index in [0.29, 0.717) is 15.7 Å². The van der Waals surface area contributed by atoms with Gasteiger partial charge in [0.15, 0.2) is 10.7 Å². The zero-order valence-corrected chi connectivity index (χ0v) is 14.2. The number of ether oxygens (including phenoxy) is 2. The van der Waals surface area contributed by atoms with Crippen LogP contribution < -0.4 is 5.32 Å². The molecule has 0 atom stereocenters. The third-order valence-corrected chi connectivity index (χ3v) is 3.96. The molecule has 0 aliphatic carbocycles. The molecule has 0 fully saturated rings. The number of thiazole rings is 1. The summed E-state index contributed by atoms with van der Waals surface area (Å²) in [5.74, 6) is -1.50. The molecule has 2 aromatic rings. The number of nitrogens with one attached hydrogen (secondary N) is 1. The molecule has 8 heteroatoms. The smallest absolute Gasteiger partial charge is 0.347 e. The minimum absolute atomic E-state index is 0.159. The molecule has 1 N–H and O–H groups in total. The molecule has 6 nitrogen and oxygen atoms in total. The number of nitrogens with zero attached hydrogens (tertiary/aromatic N) is 1. The second-order valence-corrected chi connectivity index (χ2v) is 5.69. The molecular weight excluding hydrogens is 340 g/mol. The van der Waals surface area contributed by atoms with Gasteiger partial charge < -0.3 is 14.8 Å². The Labute approximate surface area is 142 Å². The number of hydrogen-bond acceptors (Lipinski definition) is 7. The summed E-state index contributed by atoms with van der Waals surface area (Å²) in [5.41, 5.74) is 0.433. The first-order chi connectivity index (χ1) is 11.1. The number of aromatic nitrogens is 1. The van der Waals surface area contributed by atoms with Gasteiger partial charge in [-0.25, -0.2) is 14.6 Å². The summed E-state index contributed by atoms with van der Waals surface area (Å²) in [6.45, 7) is 3.63. The van der Waals surface area contributed by atoms with Crippen LogP contribution in [0.15, 0.2) is 30.0 Å². The minimum atomic E-state index is -0.752. The summed E-state index contributed by atoms with van der Waals surface area (Å²) >= 11 is 7.42. The fraction of sp³-hybridized carbons (Fsp3) is 0.267. The molecule has 23 heavy (non-hydrogen) atoms. The summed E-state index contributed by atoms with van der Waals surface area (Å²) in [4.78, 5) is 28.0. The monoisotopic (exact) mass is 354 g/mol. The molecule has 0 amide bonds. The Morgan fingerprint density at radius 1 is 1.26 bits per heavy atom. The molecule has 1 aromatic heterocycles. The second-order valence-electron chi connectivity index (χ2n) is 4.25. The first-order valence-electron chi connectivity index (χ1n) is 6.92. The van der Waals surface area contributed by atoms with E-state index in [1.165, 1.54) is 17.5 Å². The van der Waals surface area contributed by atoms with E-state index in [0.717, 1.165) is 4.70 Å². The maximum absolute atomic E-state index is 11.8. The quantitative estimate of drug-likeness (QED) is 0.371. The van der Waals surface area contributed by atoms with E-state index in [4.69, 9.17) is 21.1 Å². The van der Waals surface area contributed by atoms with Crippen LogP contribution in [0.2, 0.25) is 5.02 Å². The largest absolute Gasteiger partial charge is 0.462 e. The topological polar surface area (TPSA) is 77.5 Å². The molecule has 122 valence electrons. The summed E-state index contributed by atoms with van der Waals surface area (Å²) in [7, 11) is 0. The van der Waals surface area contributed by atoms with Crippen LogP contribution in [0, 0.1) is 0 Å². The van der Waals surface area contributed by atoms with Crippen molar-refractivity contribution in [2.75, 3.05) is 18.5 Å². The number of carbonyl (C=O) groups excluding carboxylic acids is 2. The highest BCUT2D eigenvalue weighted by Gasteiger charge is 2.21. The normalized spacial score (nSPS) is 10.2. The lowest BCUT2D eigenvalue weighted by atomic mass is 10.3. The van der Waals surface area contributed by atoms with Gasteiger partial charge in [-0.2, -0.15) is 0 Å². The van der Waals surface area contributed by atoms with E-state index < -0.39 is 11.9 Å². The number of hydrogen-bond donors (Lipinski definition) is 1. The molecule has 0 saturated carbocycles. The summed E-state index contributed by atoms with van der Waals surface area (Å²) < 4.78 is 10.6. The highest BCUT2D eigenvalue weighted by molar-refractivity contribution is 7.22. The van der Waals surface area contributed by atoms with Crippen LogP contribution in [-0.4, -0.2) is 30.1 Å². The highest BCUT2D eigenvalue weighted by atomic mass is 35.5. The molecule has 0 saturated heterocycles. The van der Waals surface area contributed by atoms with E-state index in [2.05, 4.69) is 10.3 Å². The summed E-state index contributed by atoms with van der Waals surface area (Å²) in [6, 6.07) is 5.45. The Morgan fingerprint density at radius 2 is 1.91 bits per heavy atom. The lowest BCUT2D eigenvalue weighted by molar-refractivity contribution is -0.146. The standard InChI is InChI=1S/C15H15ClN2O4S/c1-3-21-13(19)9(14(20)22-4-2)8-17-15-18-12-10(16)6-5-7-11(12)23-15/h5-8H,3-4H2,1-2H3,(H,17,18). The van der Waals surface area contributed by atoms with E-state index in [1.807, 2.05) is 12.1 Å².